The highest BCUT2D eigenvalue weighted by molar-refractivity contribution is 7.98. The van der Waals surface area contributed by atoms with Crippen molar-refractivity contribution in [2.45, 2.75) is 30.1 Å². The number of halogens is 3. The number of hydrogen-bond acceptors (Lipinski definition) is 5. The fourth-order valence-corrected chi connectivity index (χ4v) is 3.03. The first-order valence-corrected chi connectivity index (χ1v) is 9.02. The number of rotatable bonds is 3. The molecule has 0 amide bonds. The van der Waals surface area contributed by atoms with Crippen LogP contribution in [0.5, 0.6) is 0 Å². The van der Waals surface area contributed by atoms with E-state index in [9.17, 15) is 13.2 Å². The lowest BCUT2D eigenvalue weighted by molar-refractivity contribution is -0.137. The van der Waals surface area contributed by atoms with Gasteiger partial charge < -0.3 is 9.64 Å². The van der Waals surface area contributed by atoms with E-state index in [-0.39, 0.29) is 6.04 Å². The number of aromatic nitrogens is 2. The summed E-state index contributed by atoms with van der Waals surface area (Å²) in [6, 6.07) is 5.33. The van der Waals surface area contributed by atoms with Gasteiger partial charge in [-0.05, 0) is 30.9 Å². The third-order valence-corrected chi connectivity index (χ3v) is 4.81. The van der Waals surface area contributed by atoms with Gasteiger partial charge in [-0.2, -0.15) is 13.2 Å². The molecule has 2 heterocycles. The molecule has 2 atom stereocenters. The zero-order valence-electron chi connectivity index (χ0n) is 13.8. The summed E-state index contributed by atoms with van der Waals surface area (Å²) in [6.45, 7) is 2.78. The van der Waals surface area contributed by atoms with Crippen molar-refractivity contribution in [1.82, 2.24) is 9.97 Å². The first-order valence-electron chi connectivity index (χ1n) is 7.80. The number of alkyl halides is 3. The van der Waals surface area contributed by atoms with E-state index in [1.807, 2.05) is 18.1 Å². The quantitative estimate of drug-likeness (QED) is 0.759. The van der Waals surface area contributed by atoms with Gasteiger partial charge in [0.1, 0.15) is 6.10 Å². The molecule has 0 bridgehead atoms. The highest BCUT2D eigenvalue weighted by Gasteiger charge is 2.33. The first kappa shape index (κ1) is 18.0. The molecular formula is C17H18F3N3OS. The minimum Gasteiger partial charge on any atom is -0.370 e. The van der Waals surface area contributed by atoms with Crippen LogP contribution in [0.1, 0.15) is 24.2 Å². The molecule has 4 nitrogen and oxygen atoms in total. The highest BCUT2D eigenvalue weighted by atomic mass is 32.2. The molecule has 2 aromatic rings. The summed E-state index contributed by atoms with van der Waals surface area (Å²) < 4.78 is 44.6. The van der Waals surface area contributed by atoms with Crippen molar-refractivity contribution in [3.05, 3.63) is 47.8 Å². The molecule has 3 rings (SSSR count). The van der Waals surface area contributed by atoms with Crippen LogP contribution in [0, 0.1) is 0 Å². The maximum Gasteiger partial charge on any atom is 0.416 e. The lowest BCUT2D eigenvalue weighted by atomic mass is 10.0. The molecule has 0 N–H and O–H groups in total. The summed E-state index contributed by atoms with van der Waals surface area (Å²) in [5.41, 5.74) is -0.160. The normalized spacial score (nSPS) is 21.4. The Morgan fingerprint density at radius 1 is 1.24 bits per heavy atom. The summed E-state index contributed by atoms with van der Waals surface area (Å²) in [5, 5.41) is 0. The van der Waals surface area contributed by atoms with Crippen LogP contribution in [0.3, 0.4) is 0 Å². The topological polar surface area (TPSA) is 38.2 Å². The lowest BCUT2D eigenvalue weighted by Crippen LogP contribution is -2.46. The van der Waals surface area contributed by atoms with Gasteiger partial charge in [-0.3, -0.25) is 0 Å². The molecule has 2 unspecified atom stereocenters. The Balaban J connectivity index is 1.82. The Kier molecular flexibility index (Phi) is 5.19. The number of hydrogen-bond donors (Lipinski definition) is 0. The molecule has 1 aromatic heterocycles. The summed E-state index contributed by atoms with van der Waals surface area (Å²) in [7, 11) is 0. The molecule has 0 spiro atoms. The van der Waals surface area contributed by atoms with E-state index in [1.54, 1.807) is 30.2 Å². The van der Waals surface area contributed by atoms with Gasteiger partial charge in [0.05, 0.1) is 24.8 Å². The lowest BCUT2D eigenvalue weighted by Gasteiger charge is -2.38. The number of anilines is 1. The smallest absolute Gasteiger partial charge is 0.370 e. The van der Waals surface area contributed by atoms with Gasteiger partial charge in [-0.25, -0.2) is 9.97 Å². The zero-order valence-corrected chi connectivity index (χ0v) is 14.6. The van der Waals surface area contributed by atoms with Crippen LogP contribution in [0.15, 0.2) is 41.6 Å². The second-order valence-electron chi connectivity index (χ2n) is 5.87. The van der Waals surface area contributed by atoms with Crippen LogP contribution >= 0.6 is 11.8 Å². The van der Waals surface area contributed by atoms with Gasteiger partial charge in [-0.1, -0.05) is 12.1 Å². The molecule has 1 aliphatic rings. The zero-order chi connectivity index (χ0) is 18.0. The van der Waals surface area contributed by atoms with E-state index >= 15 is 0 Å². The molecular weight excluding hydrogens is 351 g/mol. The molecule has 0 radical (unpaired) electrons. The van der Waals surface area contributed by atoms with E-state index in [2.05, 4.69) is 9.97 Å². The van der Waals surface area contributed by atoms with Crippen LogP contribution in [0.4, 0.5) is 19.1 Å². The monoisotopic (exact) mass is 369 g/mol. The third kappa shape index (κ3) is 4.07. The van der Waals surface area contributed by atoms with Gasteiger partial charge in [0.15, 0.2) is 0 Å². The fraction of sp³-hybridized carbons (Fsp3) is 0.412. The number of thioether (sulfide) groups is 1. The van der Waals surface area contributed by atoms with Gasteiger partial charge in [-0.15, -0.1) is 11.8 Å². The average molecular weight is 369 g/mol. The minimum atomic E-state index is -4.37. The maximum atomic E-state index is 12.9. The molecule has 0 saturated carbocycles. The average Bonchev–Trinajstić information content (AvgIpc) is 2.62. The summed E-state index contributed by atoms with van der Waals surface area (Å²) in [5.74, 6) is 0.561. The van der Waals surface area contributed by atoms with Crippen molar-refractivity contribution in [2.75, 3.05) is 24.3 Å². The molecule has 1 aromatic carbocycles. The largest absolute Gasteiger partial charge is 0.416 e. The van der Waals surface area contributed by atoms with E-state index in [1.165, 1.54) is 6.07 Å². The third-order valence-electron chi connectivity index (χ3n) is 4.13. The van der Waals surface area contributed by atoms with Crippen molar-refractivity contribution in [1.29, 1.82) is 0 Å². The standard InChI is InChI=1S/C17H18F3N3OS/c1-11-10-24-15(12-4-3-5-13(6-12)17(18,19)20)9-23(11)16-21-7-14(25-2)8-22-16/h3-8,11,15H,9-10H2,1-2H3. The Labute approximate surface area is 148 Å². The van der Waals surface area contributed by atoms with E-state index in [0.717, 1.165) is 17.0 Å². The van der Waals surface area contributed by atoms with Crippen molar-refractivity contribution in [3.63, 3.8) is 0 Å². The number of benzene rings is 1. The molecule has 8 heteroatoms. The number of ether oxygens (including phenoxy) is 1. The van der Waals surface area contributed by atoms with Crippen LogP contribution in [-0.2, 0) is 10.9 Å². The maximum absolute atomic E-state index is 12.9. The Morgan fingerprint density at radius 3 is 2.60 bits per heavy atom. The number of morpholine rings is 1. The predicted molar refractivity (Wildman–Crippen MR) is 90.8 cm³/mol. The molecule has 1 aliphatic heterocycles. The highest BCUT2D eigenvalue weighted by Crippen LogP contribution is 2.33. The summed E-state index contributed by atoms with van der Waals surface area (Å²) in [4.78, 5) is 11.7. The Hall–Kier alpha value is -1.80. The predicted octanol–water partition coefficient (Wildman–Crippen LogP) is 4.18. The van der Waals surface area contributed by atoms with Crippen molar-refractivity contribution >= 4 is 17.7 Å². The van der Waals surface area contributed by atoms with Crippen molar-refractivity contribution in [3.8, 4) is 0 Å². The van der Waals surface area contributed by atoms with Gasteiger partial charge in [0.2, 0.25) is 5.95 Å². The summed E-state index contributed by atoms with van der Waals surface area (Å²) >= 11 is 1.55. The summed E-state index contributed by atoms with van der Waals surface area (Å²) in [6.07, 6.45) is 0.610. The Bertz CT molecular complexity index is 724. The van der Waals surface area contributed by atoms with Crippen molar-refractivity contribution in [2.24, 2.45) is 0 Å². The molecule has 0 aliphatic carbocycles. The SMILES string of the molecule is CSc1cnc(N2CC(c3cccc(C(F)(F)F)c3)OCC2C)nc1. The first-order chi connectivity index (χ1) is 11.9. The Morgan fingerprint density at radius 2 is 1.96 bits per heavy atom. The van der Waals surface area contributed by atoms with E-state index < -0.39 is 17.8 Å². The van der Waals surface area contributed by atoms with Crippen LogP contribution in [0.2, 0.25) is 0 Å². The molecule has 1 fully saturated rings. The van der Waals surface area contributed by atoms with Crippen LogP contribution in [-0.4, -0.2) is 35.4 Å². The van der Waals surface area contributed by atoms with Gasteiger partial charge >= 0.3 is 6.18 Å². The van der Waals surface area contributed by atoms with Crippen molar-refractivity contribution < 1.29 is 17.9 Å². The van der Waals surface area contributed by atoms with Gasteiger partial charge in [0.25, 0.3) is 0 Å². The number of nitrogens with zero attached hydrogens (tertiary/aromatic N) is 3. The molecule has 134 valence electrons. The van der Waals surface area contributed by atoms with E-state index in [0.29, 0.717) is 24.7 Å². The molecule has 25 heavy (non-hydrogen) atoms. The second-order valence-corrected chi connectivity index (χ2v) is 6.75. The van der Waals surface area contributed by atoms with Gasteiger partial charge in [0, 0.05) is 17.3 Å². The minimum absolute atomic E-state index is 0.0437. The second kappa shape index (κ2) is 7.21. The fourth-order valence-electron chi connectivity index (χ4n) is 2.72. The van der Waals surface area contributed by atoms with E-state index in [4.69, 9.17) is 4.74 Å². The van der Waals surface area contributed by atoms with Crippen LogP contribution < -0.4 is 4.90 Å². The molecule has 1 saturated heterocycles. The van der Waals surface area contributed by atoms with Crippen LogP contribution in [0.25, 0.3) is 0 Å².